The molecule has 0 saturated carbocycles. The lowest BCUT2D eigenvalue weighted by Crippen LogP contribution is -2.38. The first-order valence-corrected chi connectivity index (χ1v) is 7.69. The lowest BCUT2D eigenvalue weighted by atomic mass is 10.1. The summed E-state index contributed by atoms with van der Waals surface area (Å²) >= 11 is 0. The summed E-state index contributed by atoms with van der Waals surface area (Å²) in [6.45, 7) is 6.39. The SMILES string of the molecule is CCN(Cc1cnn(CC)c1)C(=O)NCc1ccc(C#N)cc1. The lowest BCUT2D eigenvalue weighted by Gasteiger charge is -2.20. The second kappa shape index (κ2) is 7.99. The number of benzene rings is 1. The predicted octanol–water partition coefficient (Wildman–Crippen LogP) is 2.51. The smallest absolute Gasteiger partial charge is 0.317 e. The van der Waals surface area contributed by atoms with Crippen LogP contribution in [0, 0.1) is 11.3 Å². The molecular weight excluding hydrogens is 290 g/mol. The van der Waals surface area contributed by atoms with Gasteiger partial charge in [0.05, 0.1) is 24.4 Å². The third-order valence-corrected chi connectivity index (χ3v) is 3.58. The van der Waals surface area contributed by atoms with Crippen molar-refractivity contribution >= 4 is 6.03 Å². The monoisotopic (exact) mass is 311 g/mol. The zero-order valence-corrected chi connectivity index (χ0v) is 13.5. The Balaban J connectivity index is 1.90. The molecule has 0 aliphatic heterocycles. The van der Waals surface area contributed by atoms with Gasteiger partial charge in [-0.1, -0.05) is 12.1 Å². The minimum absolute atomic E-state index is 0.110. The first kappa shape index (κ1) is 16.6. The third kappa shape index (κ3) is 4.58. The molecular formula is C17H21N5O. The van der Waals surface area contributed by atoms with Crippen molar-refractivity contribution in [1.29, 1.82) is 5.26 Å². The molecule has 0 saturated heterocycles. The van der Waals surface area contributed by atoms with Crippen LogP contribution in [0.3, 0.4) is 0 Å². The van der Waals surface area contributed by atoms with E-state index >= 15 is 0 Å². The summed E-state index contributed by atoms with van der Waals surface area (Å²) in [6.07, 6.45) is 3.75. The van der Waals surface area contributed by atoms with E-state index < -0.39 is 0 Å². The quantitative estimate of drug-likeness (QED) is 0.890. The highest BCUT2D eigenvalue weighted by molar-refractivity contribution is 5.74. The molecule has 0 aliphatic rings. The number of urea groups is 1. The molecule has 2 amide bonds. The number of carbonyl (C=O) groups excluding carboxylic acids is 1. The predicted molar refractivity (Wildman–Crippen MR) is 87.4 cm³/mol. The summed E-state index contributed by atoms with van der Waals surface area (Å²) < 4.78 is 1.85. The Bertz CT molecular complexity index is 684. The Morgan fingerprint density at radius 1 is 1.30 bits per heavy atom. The highest BCUT2D eigenvalue weighted by Gasteiger charge is 2.12. The van der Waals surface area contributed by atoms with E-state index in [0.717, 1.165) is 17.7 Å². The number of aryl methyl sites for hydroxylation is 1. The van der Waals surface area contributed by atoms with Crippen molar-refractivity contribution < 1.29 is 4.79 Å². The van der Waals surface area contributed by atoms with E-state index in [9.17, 15) is 4.79 Å². The van der Waals surface area contributed by atoms with E-state index in [4.69, 9.17) is 5.26 Å². The van der Waals surface area contributed by atoms with Crippen molar-refractivity contribution in [2.24, 2.45) is 0 Å². The molecule has 6 nitrogen and oxygen atoms in total. The fourth-order valence-corrected chi connectivity index (χ4v) is 2.20. The number of rotatable bonds is 6. The van der Waals surface area contributed by atoms with Gasteiger partial charge in [-0.3, -0.25) is 4.68 Å². The number of aromatic nitrogens is 2. The molecule has 2 rings (SSSR count). The van der Waals surface area contributed by atoms with Gasteiger partial charge in [0.25, 0.3) is 0 Å². The van der Waals surface area contributed by atoms with Gasteiger partial charge in [-0.15, -0.1) is 0 Å². The molecule has 1 aromatic carbocycles. The maximum absolute atomic E-state index is 12.3. The zero-order valence-electron chi connectivity index (χ0n) is 13.5. The lowest BCUT2D eigenvalue weighted by molar-refractivity contribution is 0.197. The topological polar surface area (TPSA) is 74.0 Å². The van der Waals surface area contributed by atoms with Gasteiger partial charge in [0, 0.05) is 31.4 Å². The van der Waals surface area contributed by atoms with E-state index in [1.54, 1.807) is 23.2 Å². The van der Waals surface area contributed by atoms with Crippen LogP contribution in [0.15, 0.2) is 36.7 Å². The summed E-state index contributed by atoms with van der Waals surface area (Å²) in [5, 5.41) is 15.9. The molecule has 0 fully saturated rings. The molecule has 6 heteroatoms. The van der Waals surface area contributed by atoms with Crippen molar-refractivity contribution in [1.82, 2.24) is 20.0 Å². The first-order valence-electron chi connectivity index (χ1n) is 7.69. The third-order valence-electron chi connectivity index (χ3n) is 3.58. The molecule has 0 unspecified atom stereocenters. The molecule has 1 heterocycles. The molecule has 0 aliphatic carbocycles. The van der Waals surface area contributed by atoms with Crippen molar-refractivity contribution in [3.05, 3.63) is 53.3 Å². The number of carbonyl (C=O) groups is 1. The second-order valence-corrected chi connectivity index (χ2v) is 5.19. The number of nitrogens with one attached hydrogen (secondary N) is 1. The number of amides is 2. The van der Waals surface area contributed by atoms with Gasteiger partial charge in [0.1, 0.15) is 0 Å². The fraction of sp³-hybridized carbons (Fsp3) is 0.353. The minimum Gasteiger partial charge on any atom is -0.334 e. The Hall–Kier alpha value is -2.81. The normalized spacial score (nSPS) is 10.1. The number of hydrogen-bond acceptors (Lipinski definition) is 3. The van der Waals surface area contributed by atoms with Crippen molar-refractivity contribution in [3.8, 4) is 6.07 Å². The van der Waals surface area contributed by atoms with Crippen LogP contribution in [0.5, 0.6) is 0 Å². The Labute approximate surface area is 136 Å². The minimum atomic E-state index is -0.110. The summed E-state index contributed by atoms with van der Waals surface area (Å²) in [5.41, 5.74) is 2.60. The van der Waals surface area contributed by atoms with Gasteiger partial charge in [-0.2, -0.15) is 10.4 Å². The molecule has 1 aromatic heterocycles. The number of nitriles is 1. The van der Waals surface area contributed by atoms with Crippen LogP contribution in [-0.2, 0) is 19.6 Å². The molecule has 0 atom stereocenters. The van der Waals surface area contributed by atoms with Gasteiger partial charge in [-0.05, 0) is 31.5 Å². The Kier molecular flexibility index (Phi) is 5.75. The maximum atomic E-state index is 12.3. The molecule has 23 heavy (non-hydrogen) atoms. The molecule has 1 N–H and O–H groups in total. The van der Waals surface area contributed by atoms with Crippen LogP contribution in [0.4, 0.5) is 4.79 Å². The van der Waals surface area contributed by atoms with Gasteiger partial charge >= 0.3 is 6.03 Å². The first-order chi connectivity index (χ1) is 11.2. The van der Waals surface area contributed by atoms with Crippen LogP contribution in [0.25, 0.3) is 0 Å². The number of hydrogen-bond donors (Lipinski definition) is 1. The average Bonchev–Trinajstić information content (AvgIpc) is 3.05. The average molecular weight is 311 g/mol. The van der Waals surface area contributed by atoms with Crippen LogP contribution in [0.2, 0.25) is 0 Å². The van der Waals surface area contributed by atoms with Gasteiger partial charge in [0.15, 0.2) is 0 Å². The Morgan fingerprint density at radius 2 is 2.04 bits per heavy atom. The van der Waals surface area contributed by atoms with Gasteiger partial charge in [-0.25, -0.2) is 4.79 Å². The largest absolute Gasteiger partial charge is 0.334 e. The van der Waals surface area contributed by atoms with Crippen LogP contribution in [0.1, 0.15) is 30.5 Å². The second-order valence-electron chi connectivity index (χ2n) is 5.19. The van der Waals surface area contributed by atoms with E-state index in [2.05, 4.69) is 16.5 Å². The summed E-state index contributed by atoms with van der Waals surface area (Å²) in [7, 11) is 0. The van der Waals surface area contributed by atoms with E-state index in [-0.39, 0.29) is 6.03 Å². The summed E-state index contributed by atoms with van der Waals surface area (Å²) in [4.78, 5) is 14.0. The highest BCUT2D eigenvalue weighted by Crippen LogP contribution is 2.06. The standard InChI is InChI=1S/C17H21N5O/c1-3-21(12-16-11-20-22(4-2)13-16)17(23)19-10-15-7-5-14(9-18)6-8-15/h5-8,11,13H,3-4,10,12H2,1-2H3,(H,19,23). The molecule has 0 radical (unpaired) electrons. The zero-order chi connectivity index (χ0) is 16.7. The summed E-state index contributed by atoms with van der Waals surface area (Å²) in [6, 6.07) is 9.16. The van der Waals surface area contributed by atoms with Crippen LogP contribution in [-0.4, -0.2) is 27.3 Å². The van der Waals surface area contributed by atoms with Crippen molar-refractivity contribution in [3.63, 3.8) is 0 Å². The molecule has 0 bridgehead atoms. The van der Waals surface area contributed by atoms with Crippen molar-refractivity contribution in [2.45, 2.75) is 33.5 Å². The van der Waals surface area contributed by atoms with E-state index in [1.165, 1.54) is 0 Å². The number of nitrogens with zero attached hydrogens (tertiary/aromatic N) is 4. The molecule has 2 aromatic rings. The van der Waals surface area contributed by atoms with Gasteiger partial charge in [0.2, 0.25) is 0 Å². The molecule has 120 valence electrons. The molecule has 0 spiro atoms. The van der Waals surface area contributed by atoms with Crippen molar-refractivity contribution in [2.75, 3.05) is 6.54 Å². The van der Waals surface area contributed by atoms with E-state index in [0.29, 0.717) is 25.2 Å². The maximum Gasteiger partial charge on any atom is 0.317 e. The van der Waals surface area contributed by atoms with Gasteiger partial charge < -0.3 is 10.2 Å². The fourth-order valence-electron chi connectivity index (χ4n) is 2.20. The van der Waals surface area contributed by atoms with Crippen LogP contribution >= 0.6 is 0 Å². The Morgan fingerprint density at radius 3 is 2.61 bits per heavy atom. The highest BCUT2D eigenvalue weighted by atomic mass is 16.2. The van der Waals surface area contributed by atoms with E-state index in [1.807, 2.05) is 36.9 Å². The summed E-state index contributed by atoms with van der Waals surface area (Å²) in [5.74, 6) is 0. The van der Waals surface area contributed by atoms with Crippen LogP contribution < -0.4 is 5.32 Å².